The Bertz CT molecular complexity index is 1640. The van der Waals surface area contributed by atoms with Gasteiger partial charge in [-0.3, -0.25) is 4.79 Å². The van der Waals surface area contributed by atoms with Gasteiger partial charge < -0.3 is 54.9 Å². The molecule has 0 amide bonds. The van der Waals surface area contributed by atoms with E-state index in [1.165, 1.54) is 35.6 Å². The van der Waals surface area contributed by atoms with Gasteiger partial charge in [0.15, 0.2) is 0 Å². The van der Waals surface area contributed by atoms with Crippen LogP contribution in [0.15, 0.2) is 106 Å². The van der Waals surface area contributed by atoms with Gasteiger partial charge in [0.05, 0.1) is 6.10 Å². The number of rotatable bonds is 8. The third-order valence-corrected chi connectivity index (χ3v) is 10.6. The summed E-state index contributed by atoms with van der Waals surface area (Å²) in [6.07, 6.45) is 3.89. The van der Waals surface area contributed by atoms with Crippen molar-refractivity contribution < 1.29 is 27.0 Å². The molecule has 0 spiro atoms. The molecule has 8 nitrogen and oxygen atoms in total. The first-order valence-electron chi connectivity index (χ1n) is 19.8. The molecule has 3 fully saturated rings. The van der Waals surface area contributed by atoms with Gasteiger partial charge in [-0.1, -0.05) is 71.7 Å². The van der Waals surface area contributed by atoms with Gasteiger partial charge in [0.2, 0.25) is 0 Å². The first kappa shape index (κ1) is 53.7. The Morgan fingerprint density at radius 2 is 0.914 bits per heavy atom. The van der Waals surface area contributed by atoms with E-state index in [1.54, 1.807) is 0 Å². The van der Waals surface area contributed by atoms with Gasteiger partial charge in [-0.15, -0.1) is 0 Å². The van der Waals surface area contributed by atoms with Crippen molar-refractivity contribution in [2.45, 2.75) is 53.1 Å². The molecule has 4 N–H and O–H groups in total. The molecule has 1 atom stereocenters. The number of carbonyl (C=O) groups excluding carboxylic acids is 1. The molecule has 0 aromatic heterocycles. The van der Waals surface area contributed by atoms with Crippen molar-refractivity contribution in [2.24, 2.45) is 11.8 Å². The van der Waals surface area contributed by atoms with E-state index in [0.717, 1.165) is 98.4 Å². The van der Waals surface area contributed by atoms with Crippen LogP contribution >= 0.6 is 31.9 Å². The number of ether oxygens (including phenoxy) is 1. The number of halogens is 3. The number of benzene rings is 4. The van der Waals surface area contributed by atoms with Crippen LogP contribution in [0.25, 0.3) is 0 Å². The van der Waals surface area contributed by atoms with Crippen molar-refractivity contribution in [1.29, 1.82) is 0 Å². The summed E-state index contributed by atoms with van der Waals surface area (Å²) >= 11 is 6.96. The molecule has 3 aliphatic heterocycles. The minimum Gasteiger partial charge on any atom is -1.00 e. The van der Waals surface area contributed by atoms with Crippen molar-refractivity contribution in [3.63, 3.8) is 0 Å². The smallest absolute Gasteiger partial charge is 1.00 e. The van der Waals surface area contributed by atoms with E-state index in [-0.39, 0.29) is 47.7 Å². The Morgan fingerprint density at radius 1 is 0.621 bits per heavy atom. The molecule has 0 bridgehead atoms. The van der Waals surface area contributed by atoms with E-state index in [4.69, 9.17) is 4.74 Å². The second-order valence-electron chi connectivity index (χ2n) is 15.1. The average Bonchev–Trinajstić information content (AvgIpc) is 3.80. The standard InChI is InChI=1S/C21H27BrN2O.C17H17BrN2O.C4H8O.C4H9.ClH.Mg.H3N/c1-16(2)15-21(25)17-3-7-19(8-4-17)23-11-13-24(14-12-23)20-9-5-18(22)6-10-20;18-15-3-7-17(8-4-15)20-11-9-19(10-12-20)16-5-1-14(13-21)2-6-16;1-2-4-5-3-1;1-4(2)3;;;/h3-10,16,21,25H,11-15H2,1-2H3;1-8,13H,9-12H2;1-4H2;4H,1H2,2-3H3;1H;;1H3/q;;;-1;;+2;/p-1. The van der Waals surface area contributed by atoms with Crippen molar-refractivity contribution in [1.82, 2.24) is 6.15 Å². The topological polar surface area (TPSA) is 94.5 Å². The number of aliphatic hydroxyl groups is 1. The maximum atomic E-state index is 10.7. The summed E-state index contributed by atoms with van der Waals surface area (Å²) in [6, 6.07) is 33.3. The minimum absolute atomic E-state index is 0. The van der Waals surface area contributed by atoms with Crippen LogP contribution in [0.4, 0.5) is 22.7 Å². The Kier molecular flexibility index (Phi) is 26.8. The summed E-state index contributed by atoms with van der Waals surface area (Å²) in [5.41, 5.74) is 6.74. The van der Waals surface area contributed by atoms with Gasteiger partial charge in [0.25, 0.3) is 0 Å². The molecule has 3 aliphatic rings. The molecule has 1 unspecified atom stereocenters. The van der Waals surface area contributed by atoms with E-state index >= 15 is 0 Å². The molecule has 58 heavy (non-hydrogen) atoms. The molecule has 4 aromatic rings. The third-order valence-electron chi connectivity index (χ3n) is 9.50. The predicted molar refractivity (Wildman–Crippen MR) is 251 cm³/mol. The van der Waals surface area contributed by atoms with Gasteiger partial charge in [-0.25, -0.2) is 0 Å². The largest absolute Gasteiger partial charge is 2.00 e. The second kappa shape index (κ2) is 29.0. The number of nitrogens with zero attached hydrogens (tertiary/aromatic N) is 4. The van der Waals surface area contributed by atoms with Crippen LogP contribution in [-0.4, -0.2) is 100 Å². The Labute approximate surface area is 388 Å². The van der Waals surface area contributed by atoms with Crippen molar-refractivity contribution >= 4 is 83.9 Å². The number of hydrogen-bond donors (Lipinski definition) is 2. The quantitative estimate of drug-likeness (QED) is 0.107. The van der Waals surface area contributed by atoms with E-state index in [0.29, 0.717) is 11.8 Å². The average molecular weight is 955 g/mol. The predicted octanol–water partition coefficient (Wildman–Crippen LogP) is 7.50. The number of hydrogen-bond acceptors (Lipinski definition) is 8. The molecule has 0 saturated carbocycles. The van der Waals surface area contributed by atoms with Gasteiger partial charge in [0.1, 0.15) is 6.29 Å². The third kappa shape index (κ3) is 18.9. The van der Waals surface area contributed by atoms with Gasteiger partial charge in [-0.05, 0) is 116 Å². The van der Waals surface area contributed by atoms with E-state index in [2.05, 4.69) is 159 Å². The van der Waals surface area contributed by atoms with Crippen LogP contribution in [0.5, 0.6) is 0 Å². The second-order valence-corrected chi connectivity index (χ2v) is 16.9. The summed E-state index contributed by atoms with van der Waals surface area (Å²) in [5.74, 6) is 1.08. The molecular formula is C46H64Br2ClMgN5O3. The molecule has 3 heterocycles. The van der Waals surface area contributed by atoms with Crippen LogP contribution in [0.1, 0.15) is 69.0 Å². The zero-order valence-electron chi connectivity index (χ0n) is 35.0. The fourth-order valence-corrected chi connectivity index (χ4v) is 7.04. The van der Waals surface area contributed by atoms with Gasteiger partial charge in [0, 0.05) is 103 Å². The van der Waals surface area contributed by atoms with Crippen molar-refractivity contribution in [2.75, 3.05) is 85.2 Å². The monoisotopic (exact) mass is 951 g/mol. The SMILES string of the molecule is C1CCOC1.CC(C)CC(O)c1ccc(N2CCN(c3ccc(Br)cc3)CC2)cc1.N.O=Cc1ccc(N2CCN(c3ccc(Br)cc3)CC2)cc1.[CH2-]C(C)C.[Cl-].[Mg+2]. The summed E-state index contributed by atoms with van der Waals surface area (Å²) in [6.45, 7) is 22.1. The summed E-state index contributed by atoms with van der Waals surface area (Å²) in [5, 5.41) is 10.2. The number of carbonyl (C=O) groups is 1. The van der Waals surface area contributed by atoms with Crippen molar-refractivity contribution in [3.8, 4) is 0 Å². The minimum atomic E-state index is -0.358. The molecular weight excluding hydrogens is 890 g/mol. The molecule has 3 saturated heterocycles. The molecule has 4 aromatic carbocycles. The number of aliphatic hydroxyl groups excluding tert-OH is 1. The molecule has 0 aliphatic carbocycles. The van der Waals surface area contributed by atoms with Crippen LogP contribution in [0.2, 0.25) is 0 Å². The van der Waals surface area contributed by atoms with Gasteiger partial charge in [-0.2, -0.15) is 5.92 Å². The van der Waals surface area contributed by atoms with E-state index in [9.17, 15) is 9.90 Å². The maximum Gasteiger partial charge on any atom is 2.00 e. The van der Waals surface area contributed by atoms with Crippen LogP contribution in [-0.2, 0) is 4.74 Å². The zero-order valence-corrected chi connectivity index (χ0v) is 40.4. The first-order valence-corrected chi connectivity index (χ1v) is 21.4. The summed E-state index contributed by atoms with van der Waals surface area (Å²) in [4.78, 5) is 20.3. The molecule has 7 rings (SSSR count). The van der Waals surface area contributed by atoms with E-state index < -0.39 is 0 Å². The van der Waals surface area contributed by atoms with E-state index in [1.807, 2.05) is 24.3 Å². The van der Waals surface area contributed by atoms with Gasteiger partial charge >= 0.3 is 23.1 Å². The molecule has 0 radical (unpaired) electrons. The normalized spacial score (nSPS) is 15.2. The zero-order chi connectivity index (χ0) is 39.6. The Balaban J connectivity index is 0.000000461. The Morgan fingerprint density at radius 3 is 1.17 bits per heavy atom. The number of anilines is 4. The molecule has 12 heteroatoms. The summed E-state index contributed by atoms with van der Waals surface area (Å²) < 4.78 is 7.18. The first-order chi connectivity index (χ1) is 26.5. The molecule has 314 valence electrons. The Hall–Kier alpha value is -2.35. The van der Waals surface area contributed by atoms with Crippen molar-refractivity contribution in [3.05, 3.63) is 124 Å². The summed E-state index contributed by atoms with van der Waals surface area (Å²) in [7, 11) is 0. The number of piperazine rings is 2. The van der Waals surface area contributed by atoms with Crippen LogP contribution in [0, 0.1) is 18.8 Å². The van der Waals surface area contributed by atoms with Crippen LogP contribution in [0.3, 0.4) is 0 Å². The number of aldehydes is 1. The maximum absolute atomic E-state index is 10.7. The fourth-order valence-electron chi connectivity index (χ4n) is 6.51. The van der Waals surface area contributed by atoms with Crippen LogP contribution < -0.4 is 38.2 Å². The fraction of sp³-hybridized carbons (Fsp3) is 0.435.